The molecule has 1 aromatic carbocycles. The minimum atomic E-state index is -0.237. The lowest BCUT2D eigenvalue weighted by molar-refractivity contribution is -0.131. The molecule has 2 aliphatic heterocycles. The van der Waals surface area contributed by atoms with Gasteiger partial charge in [-0.15, -0.1) is 0 Å². The molecule has 1 aromatic heterocycles. The molecule has 33 heavy (non-hydrogen) atoms. The Balaban J connectivity index is 1.69. The van der Waals surface area contributed by atoms with Crippen LogP contribution in [-0.2, 0) is 22.5 Å². The third kappa shape index (κ3) is 5.08. The third-order valence-corrected chi connectivity index (χ3v) is 6.08. The van der Waals surface area contributed by atoms with Crippen molar-refractivity contribution in [2.75, 3.05) is 43.1 Å². The molecule has 3 amide bonds. The van der Waals surface area contributed by atoms with Crippen LogP contribution < -0.4 is 15.5 Å². The second kappa shape index (κ2) is 10.2. The van der Waals surface area contributed by atoms with Crippen LogP contribution in [0.25, 0.3) is 11.4 Å². The number of hydrogen-bond acceptors (Lipinski definition) is 6. The standard InChI is InChI=1S/C24H32N6O3/c1-4-21(31)29-11-10-19-20(14-29)27-22(28-23(19)30-12-13-33-15-16(30)3)17-6-8-18(9-7-17)26-24(32)25-5-2/h6-9,16H,4-5,10-15H2,1-3H3,(H2,25,26,32). The summed E-state index contributed by atoms with van der Waals surface area (Å²) in [5, 5.41) is 5.53. The topological polar surface area (TPSA) is 99.7 Å². The van der Waals surface area contributed by atoms with E-state index in [2.05, 4.69) is 22.5 Å². The van der Waals surface area contributed by atoms with Crippen molar-refractivity contribution in [2.45, 2.75) is 46.2 Å². The van der Waals surface area contributed by atoms with E-state index in [9.17, 15) is 9.59 Å². The molecule has 2 aromatic rings. The third-order valence-electron chi connectivity index (χ3n) is 6.08. The van der Waals surface area contributed by atoms with E-state index in [-0.39, 0.29) is 18.0 Å². The Labute approximate surface area is 194 Å². The minimum Gasteiger partial charge on any atom is -0.377 e. The number of urea groups is 1. The number of amides is 3. The van der Waals surface area contributed by atoms with Crippen LogP contribution in [-0.4, -0.2) is 65.7 Å². The summed E-state index contributed by atoms with van der Waals surface area (Å²) in [5.41, 5.74) is 3.60. The van der Waals surface area contributed by atoms with Crippen molar-refractivity contribution in [1.82, 2.24) is 20.2 Å². The zero-order chi connectivity index (χ0) is 23.4. The first kappa shape index (κ1) is 23.0. The summed E-state index contributed by atoms with van der Waals surface area (Å²) in [6, 6.07) is 7.49. The maximum absolute atomic E-state index is 12.4. The number of ether oxygens (including phenoxy) is 1. The number of anilines is 2. The van der Waals surface area contributed by atoms with Crippen molar-refractivity contribution < 1.29 is 14.3 Å². The summed E-state index contributed by atoms with van der Waals surface area (Å²) in [6.45, 7) is 9.76. The SMILES string of the molecule is CCNC(=O)Nc1ccc(-c2nc3c(c(N4CCOCC4C)n2)CCN(C(=O)CC)C3)cc1. The van der Waals surface area contributed by atoms with Gasteiger partial charge >= 0.3 is 6.03 Å². The monoisotopic (exact) mass is 452 g/mol. The minimum absolute atomic E-state index is 0.142. The Bertz CT molecular complexity index is 1010. The molecule has 2 aliphatic rings. The van der Waals surface area contributed by atoms with Gasteiger partial charge in [0.15, 0.2) is 5.82 Å². The highest BCUT2D eigenvalue weighted by molar-refractivity contribution is 5.89. The molecule has 4 rings (SSSR count). The second-order valence-electron chi connectivity index (χ2n) is 8.39. The number of rotatable bonds is 5. The van der Waals surface area contributed by atoms with E-state index in [4.69, 9.17) is 14.7 Å². The molecule has 176 valence electrons. The lowest BCUT2D eigenvalue weighted by atomic mass is 10.0. The fourth-order valence-corrected chi connectivity index (χ4v) is 4.29. The van der Waals surface area contributed by atoms with E-state index in [1.807, 2.05) is 43.0 Å². The molecule has 0 saturated carbocycles. The second-order valence-corrected chi connectivity index (χ2v) is 8.39. The fraction of sp³-hybridized carbons (Fsp3) is 0.500. The van der Waals surface area contributed by atoms with Gasteiger partial charge in [-0.25, -0.2) is 14.8 Å². The molecule has 0 spiro atoms. The van der Waals surface area contributed by atoms with Gasteiger partial charge in [0.2, 0.25) is 5.91 Å². The lowest BCUT2D eigenvalue weighted by Gasteiger charge is -2.37. The summed E-state index contributed by atoms with van der Waals surface area (Å²) in [6.07, 6.45) is 1.23. The average molecular weight is 453 g/mol. The van der Waals surface area contributed by atoms with E-state index < -0.39 is 0 Å². The number of morpholine rings is 1. The van der Waals surface area contributed by atoms with Gasteiger partial charge in [0.05, 0.1) is 31.5 Å². The molecular formula is C24H32N6O3. The van der Waals surface area contributed by atoms with Crippen LogP contribution in [0, 0.1) is 0 Å². The maximum Gasteiger partial charge on any atom is 0.319 e. The molecule has 0 aliphatic carbocycles. The van der Waals surface area contributed by atoms with Gasteiger partial charge < -0.3 is 25.2 Å². The summed E-state index contributed by atoms with van der Waals surface area (Å²) < 4.78 is 5.64. The zero-order valence-electron chi connectivity index (χ0n) is 19.6. The number of hydrogen-bond donors (Lipinski definition) is 2. The van der Waals surface area contributed by atoms with Gasteiger partial charge in [0.1, 0.15) is 5.82 Å². The molecule has 1 saturated heterocycles. The number of fused-ring (bicyclic) bond motifs is 1. The number of carbonyl (C=O) groups excluding carboxylic acids is 2. The van der Waals surface area contributed by atoms with Crippen molar-refractivity contribution in [3.8, 4) is 11.4 Å². The van der Waals surface area contributed by atoms with E-state index in [1.54, 1.807) is 0 Å². The summed E-state index contributed by atoms with van der Waals surface area (Å²) in [7, 11) is 0. The van der Waals surface area contributed by atoms with Gasteiger partial charge in [-0.05, 0) is 44.5 Å². The smallest absolute Gasteiger partial charge is 0.319 e. The first-order chi connectivity index (χ1) is 16.0. The van der Waals surface area contributed by atoms with Gasteiger partial charge in [0.25, 0.3) is 0 Å². The van der Waals surface area contributed by atoms with Crippen LogP contribution in [0.15, 0.2) is 24.3 Å². The number of nitrogens with zero attached hydrogens (tertiary/aromatic N) is 4. The number of carbonyl (C=O) groups is 2. The molecule has 0 bridgehead atoms. The predicted octanol–water partition coefficient (Wildman–Crippen LogP) is 2.80. The van der Waals surface area contributed by atoms with Crippen molar-refractivity contribution in [2.24, 2.45) is 0 Å². The number of nitrogens with one attached hydrogen (secondary N) is 2. The quantitative estimate of drug-likeness (QED) is 0.724. The summed E-state index contributed by atoms with van der Waals surface area (Å²) in [5.74, 6) is 1.71. The molecule has 1 atom stereocenters. The molecule has 9 heteroatoms. The maximum atomic E-state index is 12.4. The Morgan fingerprint density at radius 3 is 2.64 bits per heavy atom. The zero-order valence-corrected chi connectivity index (χ0v) is 19.6. The van der Waals surface area contributed by atoms with Crippen LogP contribution in [0.2, 0.25) is 0 Å². The summed E-state index contributed by atoms with van der Waals surface area (Å²) >= 11 is 0. The lowest BCUT2D eigenvalue weighted by Crippen LogP contribution is -2.45. The van der Waals surface area contributed by atoms with Gasteiger partial charge in [0, 0.05) is 42.9 Å². The summed E-state index contributed by atoms with van der Waals surface area (Å²) in [4.78, 5) is 38.2. The van der Waals surface area contributed by atoms with Crippen molar-refractivity contribution in [3.05, 3.63) is 35.5 Å². The average Bonchev–Trinajstić information content (AvgIpc) is 2.83. The van der Waals surface area contributed by atoms with Gasteiger partial charge in [-0.3, -0.25) is 4.79 Å². The van der Waals surface area contributed by atoms with Crippen molar-refractivity contribution >= 4 is 23.4 Å². The van der Waals surface area contributed by atoms with Gasteiger partial charge in [-0.1, -0.05) is 6.92 Å². The highest BCUT2D eigenvalue weighted by Crippen LogP contribution is 2.31. The van der Waals surface area contributed by atoms with Crippen LogP contribution >= 0.6 is 0 Å². The Morgan fingerprint density at radius 1 is 1.15 bits per heavy atom. The molecule has 9 nitrogen and oxygen atoms in total. The van der Waals surface area contributed by atoms with Crippen molar-refractivity contribution in [1.29, 1.82) is 0 Å². The first-order valence-electron chi connectivity index (χ1n) is 11.7. The van der Waals surface area contributed by atoms with E-state index >= 15 is 0 Å². The fourth-order valence-electron chi connectivity index (χ4n) is 4.29. The van der Waals surface area contributed by atoms with Crippen LogP contribution in [0.4, 0.5) is 16.3 Å². The molecule has 3 heterocycles. The molecule has 1 fully saturated rings. The molecule has 0 radical (unpaired) electrons. The highest BCUT2D eigenvalue weighted by atomic mass is 16.5. The van der Waals surface area contributed by atoms with Crippen LogP contribution in [0.5, 0.6) is 0 Å². The Hall–Kier alpha value is -3.20. The number of aromatic nitrogens is 2. The molecular weight excluding hydrogens is 420 g/mol. The molecule has 2 N–H and O–H groups in total. The van der Waals surface area contributed by atoms with Gasteiger partial charge in [-0.2, -0.15) is 0 Å². The predicted molar refractivity (Wildman–Crippen MR) is 127 cm³/mol. The number of benzene rings is 1. The van der Waals surface area contributed by atoms with E-state index in [0.29, 0.717) is 50.8 Å². The molecule has 1 unspecified atom stereocenters. The van der Waals surface area contributed by atoms with Crippen LogP contribution in [0.1, 0.15) is 38.4 Å². The van der Waals surface area contributed by atoms with E-state index in [0.717, 1.165) is 35.6 Å². The van der Waals surface area contributed by atoms with Crippen molar-refractivity contribution in [3.63, 3.8) is 0 Å². The Morgan fingerprint density at radius 2 is 1.94 bits per heavy atom. The normalized spacial score (nSPS) is 18.0. The first-order valence-corrected chi connectivity index (χ1v) is 11.7. The highest BCUT2D eigenvalue weighted by Gasteiger charge is 2.29. The van der Waals surface area contributed by atoms with Crippen LogP contribution in [0.3, 0.4) is 0 Å². The largest absolute Gasteiger partial charge is 0.377 e. The van der Waals surface area contributed by atoms with E-state index in [1.165, 1.54) is 0 Å². The Kier molecular flexibility index (Phi) is 7.08.